The molecule has 0 spiro atoms. The van der Waals surface area contributed by atoms with Gasteiger partial charge in [-0.25, -0.2) is 13.6 Å². The first-order valence-corrected chi connectivity index (χ1v) is 6.32. The van der Waals surface area contributed by atoms with E-state index >= 15 is 0 Å². The maximum absolute atomic E-state index is 12.3. The molecule has 6 nitrogen and oxygen atoms in total. The Morgan fingerprint density at radius 3 is 2.59 bits per heavy atom. The lowest BCUT2D eigenvalue weighted by Crippen LogP contribution is -2.47. The van der Waals surface area contributed by atoms with Crippen LogP contribution in [0.4, 0.5) is 8.78 Å². The molecule has 2 N–H and O–H groups in total. The van der Waals surface area contributed by atoms with Gasteiger partial charge in [0.15, 0.2) is 6.10 Å². The normalized spacial score (nSPS) is 13.0. The molecule has 0 fully saturated rings. The van der Waals surface area contributed by atoms with E-state index in [1.54, 1.807) is 12.1 Å². The van der Waals surface area contributed by atoms with Crippen LogP contribution in [-0.2, 0) is 9.59 Å². The number of nitrogens with one attached hydrogen (secondary N) is 1. The molecule has 1 rings (SSSR count). The number of hydrogen-bond acceptors (Lipinski definition) is 4. The number of aliphatic carboxylic acids is 1. The van der Waals surface area contributed by atoms with Crippen molar-refractivity contribution in [2.45, 2.75) is 31.9 Å². The Morgan fingerprint density at radius 1 is 1.41 bits per heavy atom. The van der Waals surface area contributed by atoms with Crippen molar-refractivity contribution in [2.75, 3.05) is 0 Å². The molecule has 0 saturated carbocycles. The van der Waals surface area contributed by atoms with Crippen LogP contribution in [0, 0.1) is 11.3 Å². The Hall–Kier alpha value is -2.69. The molecule has 2 unspecified atom stereocenters. The number of nitriles is 1. The third kappa shape index (κ3) is 5.01. The van der Waals surface area contributed by atoms with Gasteiger partial charge in [-0.2, -0.15) is 5.26 Å². The molecule has 0 heterocycles. The van der Waals surface area contributed by atoms with Gasteiger partial charge in [-0.15, -0.1) is 0 Å². The van der Waals surface area contributed by atoms with Gasteiger partial charge in [-0.05, 0) is 19.1 Å². The summed E-state index contributed by atoms with van der Waals surface area (Å²) in [7, 11) is 0. The summed E-state index contributed by atoms with van der Waals surface area (Å²) < 4.78 is 29.8. The molecule has 0 aromatic heterocycles. The van der Waals surface area contributed by atoms with Crippen LogP contribution in [0.15, 0.2) is 24.3 Å². The molecule has 8 heteroatoms. The smallest absolute Gasteiger partial charge is 0.326 e. The van der Waals surface area contributed by atoms with Gasteiger partial charge in [0.05, 0.1) is 5.56 Å². The van der Waals surface area contributed by atoms with Crippen LogP contribution in [0.2, 0.25) is 0 Å². The molecule has 22 heavy (non-hydrogen) atoms. The highest BCUT2D eigenvalue weighted by molar-refractivity contribution is 5.86. The number of halogens is 2. The van der Waals surface area contributed by atoms with Gasteiger partial charge in [0.1, 0.15) is 17.9 Å². The van der Waals surface area contributed by atoms with E-state index in [2.05, 4.69) is 0 Å². The SMILES string of the molecule is CC(Oc1ccccc1C#N)C(=O)NC(CC(F)F)C(=O)O. The fraction of sp³-hybridized carbons (Fsp3) is 0.357. The fourth-order valence-electron chi connectivity index (χ4n) is 1.59. The van der Waals surface area contributed by atoms with E-state index in [1.165, 1.54) is 19.1 Å². The third-order valence-corrected chi connectivity index (χ3v) is 2.71. The van der Waals surface area contributed by atoms with Crippen molar-refractivity contribution in [3.8, 4) is 11.8 Å². The highest BCUT2D eigenvalue weighted by Gasteiger charge is 2.27. The van der Waals surface area contributed by atoms with Gasteiger partial charge in [-0.1, -0.05) is 12.1 Å². The zero-order valence-corrected chi connectivity index (χ0v) is 11.6. The van der Waals surface area contributed by atoms with Crippen molar-refractivity contribution in [2.24, 2.45) is 0 Å². The number of rotatable bonds is 7. The molecule has 0 aliphatic heterocycles. The zero-order chi connectivity index (χ0) is 16.7. The largest absolute Gasteiger partial charge is 0.480 e. The number of nitrogens with zero attached hydrogens (tertiary/aromatic N) is 1. The monoisotopic (exact) mass is 312 g/mol. The van der Waals surface area contributed by atoms with Crippen molar-refractivity contribution in [1.82, 2.24) is 5.32 Å². The van der Waals surface area contributed by atoms with E-state index < -0.39 is 36.9 Å². The summed E-state index contributed by atoms with van der Waals surface area (Å²) in [5.41, 5.74) is 0.199. The summed E-state index contributed by atoms with van der Waals surface area (Å²) >= 11 is 0. The second kappa shape index (κ2) is 7.93. The molecule has 0 aliphatic rings. The van der Waals surface area contributed by atoms with Crippen molar-refractivity contribution >= 4 is 11.9 Å². The Morgan fingerprint density at radius 2 is 2.05 bits per heavy atom. The average molecular weight is 312 g/mol. The second-order valence-electron chi connectivity index (χ2n) is 4.39. The van der Waals surface area contributed by atoms with Crippen LogP contribution in [-0.4, -0.2) is 35.6 Å². The third-order valence-electron chi connectivity index (χ3n) is 2.71. The van der Waals surface area contributed by atoms with E-state index in [0.717, 1.165) is 0 Å². The molecule has 0 bridgehead atoms. The van der Waals surface area contributed by atoms with E-state index in [1.807, 2.05) is 11.4 Å². The lowest BCUT2D eigenvalue weighted by atomic mass is 10.2. The first-order chi connectivity index (χ1) is 10.3. The minimum atomic E-state index is -2.86. The van der Waals surface area contributed by atoms with Crippen molar-refractivity contribution in [3.63, 3.8) is 0 Å². The lowest BCUT2D eigenvalue weighted by Gasteiger charge is -2.19. The Kier molecular flexibility index (Phi) is 6.25. The lowest BCUT2D eigenvalue weighted by molar-refractivity contribution is -0.144. The first-order valence-electron chi connectivity index (χ1n) is 6.32. The predicted octanol–water partition coefficient (Wildman–Crippen LogP) is 1.55. The highest BCUT2D eigenvalue weighted by Crippen LogP contribution is 2.18. The molecule has 0 saturated heterocycles. The summed E-state index contributed by atoms with van der Waals surface area (Å²) in [6, 6.07) is 6.33. The van der Waals surface area contributed by atoms with Gasteiger partial charge in [0.2, 0.25) is 6.43 Å². The van der Waals surface area contributed by atoms with Crippen LogP contribution in [0.5, 0.6) is 5.75 Å². The summed E-state index contributed by atoms with van der Waals surface area (Å²) in [5.74, 6) is -2.27. The first kappa shape index (κ1) is 17.4. The second-order valence-corrected chi connectivity index (χ2v) is 4.39. The summed E-state index contributed by atoms with van der Waals surface area (Å²) in [6.45, 7) is 1.32. The maximum Gasteiger partial charge on any atom is 0.326 e. The Labute approximate surface area is 125 Å². The van der Waals surface area contributed by atoms with E-state index in [0.29, 0.717) is 0 Å². The zero-order valence-electron chi connectivity index (χ0n) is 11.6. The van der Waals surface area contributed by atoms with E-state index in [9.17, 15) is 18.4 Å². The average Bonchev–Trinajstić information content (AvgIpc) is 2.46. The number of carboxylic acid groups (broad SMARTS) is 1. The summed E-state index contributed by atoms with van der Waals surface area (Å²) in [4.78, 5) is 22.6. The van der Waals surface area contributed by atoms with Crippen LogP contribution in [0.25, 0.3) is 0 Å². The molecule has 1 amide bonds. The minimum Gasteiger partial charge on any atom is -0.480 e. The van der Waals surface area contributed by atoms with Crippen LogP contribution in [0.3, 0.4) is 0 Å². The van der Waals surface area contributed by atoms with Gasteiger partial charge < -0.3 is 15.2 Å². The number of carbonyl (C=O) groups excluding carboxylic acids is 1. The molecule has 2 atom stereocenters. The van der Waals surface area contributed by atoms with Crippen LogP contribution >= 0.6 is 0 Å². The topological polar surface area (TPSA) is 99.4 Å². The van der Waals surface area contributed by atoms with Gasteiger partial charge in [-0.3, -0.25) is 4.79 Å². The van der Waals surface area contributed by atoms with Gasteiger partial charge >= 0.3 is 5.97 Å². The fourth-order valence-corrected chi connectivity index (χ4v) is 1.59. The number of carboxylic acids is 1. The number of para-hydroxylation sites is 1. The predicted molar refractivity (Wildman–Crippen MR) is 71.4 cm³/mol. The van der Waals surface area contributed by atoms with Crippen LogP contribution < -0.4 is 10.1 Å². The molecule has 1 aromatic carbocycles. The summed E-state index contributed by atoms with van der Waals surface area (Å²) in [6.07, 6.45) is -5.01. The standard InChI is InChI=1S/C14H14F2N2O4/c1-8(22-11-5-3-2-4-9(11)7-17)13(19)18-10(14(20)21)6-12(15)16/h2-5,8,10,12H,6H2,1H3,(H,18,19)(H,20,21). The quantitative estimate of drug-likeness (QED) is 0.796. The number of ether oxygens (including phenoxy) is 1. The molecular formula is C14H14F2N2O4. The van der Waals surface area contributed by atoms with Crippen molar-refractivity contribution in [3.05, 3.63) is 29.8 Å². The molecule has 118 valence electrons. The maximum atomic E-state index is 12.3. The molecular weight excluding hydrogens is 298 g/mol. The minimum absolute atomic E-state index is 0.147. The Balaban J connectivity index is 2.72. The van der Waals surface area contributed by atoms with Crippen LogP contribution in [0.1, 0.15) is 18.9 Å². The number of amides is 1. The van der Waals surface area contributed by atoms with Gasteiger partial charge in [0.25, 0.3) is 5.91 Å². The number of carbonyl (C=O) groups is 2. The number of benzene rings is 1. The van der Waals surface area contributed by atoms with Crippen molar-refractivity contribution < 1.29 is 28.2 Å². The number of alkyl halides is 2. The molecule has 1 aromatic rings. The molecule has 0 aliphatic carbocycles. The van der Waals surface area contributed by atoms with Gasteiger partial charge in [0, 0.05) is 6.42 Å². The van der Waals surface area contributed by atoms with E-state index in [4.69, 9.17) is 15.1 Å². The molecule has 0 radical (unpaired) electrons. The highest BCUT2D eigenvalue weighted by atomic mass is 19.3. The van der Waals surface area contributed by atoms with Crippen molar-refractivity contribution in [1.29, 1.82) is 5.26 Å². The summed E-state index contributed by atoms with van der Waals surface area (Å²) in [5, 5.41) is 19.7. The number of hydrogen-bond donors (Lipinski definition) is 2. The van der Waals surface area contributed by atoms with E-state index in [-0.39, 0.29) is 11.3 Å². The Bertz CT molecular complexity index is 586.